The van der Waals surface area contributed by atoms with Crippen molar-refractivity contribution in [1.82, 2.24) is 14.8 Å². The minimum Gasteiger partial charge on any atom is -0.469 e. The second kappa shape index (κ2) is 6.56. The summed E-state index contributed by atoms with van der Waals surface area (Å²) in [6, 6.07) is 3.75. The number of carbonyl (C=O) groups excluding carboxylic acids is 2. The van der Waals surface area contributed by atoms with E-state index in [1.807, 2.05) is 17.9 Å². The summed E-state index contributed by atoms with van der Waals surface area (Å²) in [6.07, 6.45) is 2.15. The van der Waals surface area contributed by atoms with Gasteiger partial charge in [-0.05, 0) is 19.1 Å². The minimum absolute atomic E-state index is 0.0371. The van der Waals surface area contributed by atoms with E-state index in [0.29, 0.717) is 25.2 Å². The Hall–Kier alpha value is -1.82. The van der Waals surface area contributed by atoms with Gasteiger partial charge in [0.25, 0.3) is 5.91 Å². The van der Waals surface area contributed by atoms with Crippen molar-refractivity contribution in [2.45, 2.75) is 19.4 Å². The monoisotopic (exact) mass is 279 g/mol. The van der Waals surface area contributed by atoms with Gasteiger partial charge in [-0.25, -0.2) is 0 Å². The summed E-state index contributed by atoms with van der Waals surface area (Å²) in [5.41, 5.74) is 0.625. The molecule has 6 heteroatoms. The van der Waals surface area contributed by atoms with E-state index in [2.05, 4.69) is 14.6 Å². The molecular weight excluding hydrogens is 258 g/mol. The Morgan fingerprint density at radius 2 is 2.25 bits per heavy atom. The average Bonchev–Trinajstić information content (AvgIpc) is 2.98. The number of piperazine rings is 1. The molecule has 0 aliphatic carbocycles. The Labute approximate surface area is 118 Å². The van der Waals surface area contributed by atoms with Gasteiger partial charge in [0.1, 0.15) is 5.69 Å². The van der Waals surface area contributed by atoms with Gasteiger partial charge in [0.2, 0.25) is 0 Å². The van der Waals surface area contributed by atoms with Gasteiger partial charge in [0.05, 0.1) is 13.5 Å². The molecule has 20 heavy (non-hydrogen) atoms. The van der Waals surface area contributed by atoms with Crippen molar-refractivity contribution in [3.63, 3.8) is 0 Å². The van der Waals surface area contributed by atoms with Crippen LogP contribution in [0.2, 0.25) is 0 Å². The van der Waals surface area contributed by atoms with Crippen molar-refractivity contribution in [1.29, 1.82) is 0 Å². The third-order valence-corrected chi connectivity index (χ3v) is 3.66. The van der Waals surface area contributed by atoms with E-state index in [-0.39, 0.29) is 17.9 Å². The van der Waals surface area contributed by atoms with E-state index in [4.69, 9.17) is 0 Å². The van der Waals surface area contributed by atoms with Crippen molar-refractivity contribution in [3.05, 3.63) is 24.0 Å². The average molecular weight is 279 g/mol. The van der Waals surface area contributed by atoms with Crippen LogP contribution in [0.3, 0.4) is 0 Å². The predicted octanol–water partition coefficient (Wildman–Crippen LogP) is 0.724. The minimum atomic E-state index is -0.192. The molecule has 2 heterocycles. The molecule has 1 aliphatic heterocycles. The van der Waals surface area contributed by atoms with Crippen molar-refractivity contribution in [2.24, 2.45) is 0 Å². The number of aromatic nitrogens is 1. The van der Waals surface area contributed by atoms with Gasteiger partial charge in [0, 0.05) is 38.4 Å². The van der Waals surface area contributed by atoms with Crippen LogP contribution in [0.4, 0.5) is 0 Å². The number of nitrogens with zero attached hydrogens (tertiary/aromatic N) is 2. The number of amides is 1. The van der Waals surface area contributed by atoms with Crippen LogP contribution in [0.5, 0.6) is 0 Å². The van der Waals surface area contributed by atoms with Crippen LogP contribution < -0.4 is 0 Å². The molecule has 0 bridgehead atoms. The molecule has 6 nitrogen and oxygen atoms in total. The third kappa shape index (κ3) is 3.39. The molecule has 0 saturated carbocycles. The standard InChI is InChI=1S/C14H21N3O3/c1-11-10-16(7-5-13(18)20-2)8-9-17(11)14(19)12-4-3-6-15-12/h3-4,6,11,15H,5,7-10H2,1-2H3/t11-/m1/s1. The van der Waals surface area contributed by atoms with Crippen LogP contribution in [0.15, 0.2) is 18.3 Å². The normalized spacial score (nSPS) is 19.9. The van der Waals surface area contributed by atoms with Crippen LogP contribution in [0, 0.1) is 0 Å². The van der Waals surface area contributed by atoms with Crippen molar-refractivity contribution < 1.29 is 14.3 Å². The van der Waals surface area contributed by atoms with Crippen molar-refractivity contribution in [2.75, 3.05) is 33.3 Å². The Bertz CT molecular complexity index is 458. The quantitative estimate of drug-likeness (QED) is 0.825. The Morgan fingerprint density at radius 3 is 2.85 bits per heavy atom. The molecule has 1 amide bonds. The number of H-pyrrole nitrogens is 1. The maximum atomic E-state index is 12.3. The molecule has 0 radical (unpaired) electrons. The summed E-state index contributed by atoms with van der Waals surface area (Å²) in [6.45, 7) is 4.96. The second-order valence-corrected chi connectivity index (χ2v) is 5.06. The Balaban J connectivity index is 1.86. The van der Waals surface area contributed by atoms with E-state index in [1.165, 1.54) is 7.11 Å². The molecule has 1 aromatic heterocycles. The molecule has 1 aromatic rings. The molecular formula is C14H21N3O3. The molecule has 1 saturated heterocycles. The molecule has 0 aromatic carbocycles. The summed E-state index contributed by atoms with van der Waals surface area (Å²) in [7, 11) is 1.40. The first-order chi connectivity index (χ1) is 9.61. The van der Waals surface area contributed by atoms with Crippen LogP contribution in [-0.2, 0) is 9.53 Å². The maximum Gasteiger partial charge on any atom is 0.306 e. The first-order valence-corrected chi connectivity index (χ1v) is 6.85. The lowest BCUT2D eigenvalue weighted by molar-refractivity contribution is -0.141. The van der Waals surface area contributed by atoms with Gasteiger partial charge in [0.15, 0.2) is 0 Å². The highest BCUT2D eigenvalue weighted by Gasteiger charge is 2.28. The summed E-state index contributed by atoms with van der Waals surface area (Å²) in [4.78, 5) is 30.5. The van der Waals surface area contributed by atoms with Gasteiger partial charge < -0.3 is 14.6 Å². The molecule has 110 valence electrons. The first-order valence-electron chi connectivity index (χ1n) is 6.85. The van der Waals surface area contributed by atoms with E-state index in [0.717, 1.165) is 13.1 Å². The molecule has 0 unspecified atom stereocenters. The predicted molar refractivity (Wildman–Crippen MR) is 74.4 cm³/mol. The smallest absolute Gasteiger partial charge is 0.306 e. The third-order valence-electron chi connectivity index (χ3n) is 3.66. The number of hydrogen-bond acceptors (Lipinski definition) is 4. The molecule has 2 rings (SSSR count). The molecule has 1 fully saturated rings. The summed E-state index contributed by atoms with van der Waals surface area (Å²) in [5.74, 6) is -0.155. The lowest BCUT2D eigenvalue weighted by Crippen LogP contribution is -2.54. The number of methoxy groups -OCH3 is 1. The van der Waals surface area contributed by atoms with Gasteiger partial charge in [-0.15, -0.1) is 0 Å². The number of ether oxygens (including phenoxy) is 1. The Kier molecular flexibility index (Phi) is 4.79. The zero-order valence-electron chi connectivity index (χ0n) is 12.0. The van der Waals surface area contributed by atoms with E-state index < -0.39 is 0 Å². The SMILES string of the molecule is COC(=O)CCN1CCN(C(=O)c2ccc[nH]2)[C@H](C)C1. The first kappa shape index (κ1) is 14.6. The van der Waals surface area contributed by atoms with E-state index >= 15 is 0 Å². The largest absolute Gasteiger partial charge is 0.469 e. The lowest BCUT2D eigenvalue weighted by atomic mass is 10.1. The van der Waals surface area contributed by atoms with Crippen molar-refractivity contribution in [3.8, 4) is 0 Å². The zero-order valence-corrected chi connectivity index (χ0v) is 12.0. The van der Waals surface area contributed by atoms with Crippen molar-refractivity contribution >= 4 is 11.9 Å². The maximum absolute atomic E-state index is 12.3. The van der Waals surface area contributed by atoms with E-state index in [1.54, 1.807) is 12.3 Å². The molecule has 1 atom stereocenters. The number of esters is 1. The topological polar surface area (TPSA) is 65.6 Å². The summed E-state index contributed by atoms with van der Waals surface area (Å²) >= 11 is 0. The van der Waals surface area contributed by atoms with E-state index in [9.17, 15) is 9.59 Å². The van der Waals surface area contributed by atoms with Gasteiger partial charge >= 0.3 is 5.97 Å². The number of rotatable bonds is 4. The van der Waals surface area contributed by atoms with Crippen LogP contribution >= 0.6 is 0 Å². The van der Waals surface area contributed by atoms with Gasteiger partial charge in [-0.1, -0.05) is 0 Å². The fraction of sp³-hybridized carbons (Fsp3) is 0.571. The number of hydrogen-bond donors (Lipinski definition) is 1. The Morgan fingerprint density at radius 1 is 1.45 bits per heavy atom. The fourth-order valence-electron chi connectivity index (χ4n) is 2.51. The zero-order chi connectivity index (χ0) is 14.5. The van der Waals surface area contributed by atoms with Crippen LogP contribution in [-0.4, -0.2) is 66.0 Å². The summed E-state index contributed by atoms with van der Waals surface area (Å²) in [5, 5.41) is 0. The lowest BCUT2D eigenvalue weighted by Gasteiger charge is -2.39. The highest BCUT2D eigenvalue weighted by Crippen LogP contribution is 2.13. The van der Waals surface area contributed by atoms with Crippen LogP contribution in [0.25, 0.3) is 0 Å². The molecule has 1 aliphatic rings. The number of aromatic amines is 1. The molecule has 0 spiro atoms. The molecule has 1 N–H and O–H groups in total. The number of nitrogens with one attached hydrogen (secondary N) is 1. The highest BCUT2D eigenvalue weighted by molar-refractivity contribution is 5.92. The van der Waals surface area contributed by atoms with Crippen LogP contribution in [0.1, 0.15) is 23.8 Å². The van der Waals surface area contributed by atoms with Gasteiger partial charge in [-0.3, -0.25) is 14.5 Å². The fourth-order valence-corrected chi connectivity index (χ4v) is 2.51. The highest BCUT2D eigenvalue weighted by atomic mass is 16.5. The summed E-state index contributed by atoms with van der Waals surface area (Å²) < 4.78 is 4.64. The number of carbonyl (C=O) groups is 2. The van der Waals surface area contributed by atoms with Gasteiger partial charge in [-0.2, -0.15) is 0 Å². The second-order valence-electron chi connectivity index (χ2n) is 5.06.